The van der Waals surface area contributed by atoms with Crippen LogP contribution in [0.15, 0.2) is 0 Å². The first kappa shape index (κ1) is 9.68. The van der Waals surface area contributed by atoms with E-state index in [1.54, 1.807) is 25.7 Å². The Morgan fingerprint density at radius 1 is 0.522 bits per heavy atom. The van der Waals surface area contributed by atoms with E-state index in [2.05, 4.69) is 7.85 Å². The highest BCUT2D eigenvalue weighted by Gasteiger charge is 3.19. The van der Waals surface area contributed by atoms with Crippen LogP contribution in [0.5, 0.6) is 0 Å². The molecule has 0 aromatic rings. The summed E-state index contributed by atoms with van der Waals surface area (Å²) in [6, 6.07) is 0. The maximum absolute atomic E-state index is 2.86. The Morgan fingerprint density at radius 3 is 1.57 bits per heavy atom. The van der Waals surface area contributed by atoms with Gasteiger partial charge in [-0.05, 0) is 124 Å². The van der Waals surface area contributed by atoms with Crippen LogP contribution in [-0.2, 0) is 0 Å². The molecule has 5 spiro atoms. The van der Waals surface area contributed by atoms with Crippen LogP contribution in [0, 0.1) is 98.1 Å². The molecule has 0 radical (unpaired) electrons. The van der Waals surface area contributed by atoms with Crippen molar-refractivity contribution in [3.63, 3.8) is 0 Å². The van der Waals surface area contributed by atoms with Crippen molar-refractivity contribution in [1.82, 2.24) is 0 Å². The van der Waals surface area contributed by atoms with Gasteiger partial charge in [-0.25, -0.2) is 0 Å². The van der Waals surface area contributed by atoms with Crippen LogP contribution in [0.1, 0.15) is 25.7 Å². The van der Waals surface area contributed by atoms with Crippen molar-refractivity contribution in [3.8, 4) is 0 Å². The van der Waals surface area contributed by atoms with Crippen LogP contribution >= 0.6 is 0 Å². The first-order chi connectivity index (χ1) is 11.3. The van der Waals surface area contributed by atoms with Crippen LogP contribution in [0.3, 0.4) is 0 Å². The topological polar surface area (TPSA) is 0 Å². The second-order valence-electron chi connectivity index (χ2n) is 13.2. The van der Waals surface area contributed by atoms with Crippen LogP contribution in [0.25, 0.3) is 0 Å². The molecule has 12 rings (SSSR count). The van der Waals surface area contributed by atoms with Crippen LogP contribution < -0.4 is 0 Å². The molecule has 0 saturated heterocycles. The average Bonchev–Trinajstić information content (AvgIpc) is 2.70. The van der Waals surface area contributed by atoms with Crippen molar-refractivity contribution in [2.75, 3.05) is 0 Å². The molecule has 12 fully saturated rings. The molecule has 2 bridgehead atoms. The lowest BCUT2D eigenvalue weighted by molar-refractivity contribution is -0.672. The van der Waals surface area contributed by atoms with Crippen molar-refractivity contribution in [3.05, 3.63) is 0 Å². The summed E-state index contributed by atoms with van der Waals surface area (Å²) in [6.45, 7) is 0. The lowest BCUT2D eigenvalue weighted by atomic mass is 8.90. The lowest BCUT2D eigenvalue weighted by Crippen LogP contribution is -3.10. The van der Waals surface area contributed by atoms with Gasteiger partial charge in [0, 0.05) is 0 Å². The Morgan fingerprint density at radius 2 is 1.04 bits per heavy atom. The molecular weight excluding hydrogens is 275 g/mol. The predicted octanol–water partition coefficient (Wildman–Crippen LogP) is 2.46. The molecule has 11 atom stereocenters. The first-order valence-electron chi connectivity index (χ1n) is 11.3. The quantitative estimate of drug-likeness (QED) is 0.603. The van der Waals surface area contributed by atoms with E-state index in [4.69, 9.17) is 0 Å². The van der Waals surface area contributed by atoms with Crippen LogP contribution in [0.2, 0.25) is 5.82 Å². The third kappa shape index (κ3) is 0.351. The van der Waals surface area contributed by atoms with Gasteiger partial charge in [-0.15, -0.1) is 0 Å². The van der Waals surface area contributed by atoms with E-state index in [1.807, 2.05) is 0 Å². The van der Waals surface area contributed by atoms with Gasteiger partial charge >= 0.3 is 0 Å². The zero-order valence-corrected chi connectivity index (χ0v) is 13.8. The molecule has 11 unspecified atom stereocenters. The first-order valence-corrected chi connectivity index (χ1v) is 11.3. The largest absolute Gasteiger partial charge is 0.106 e. The zero-order valence-electron chi connectivity index (χ0n) is 13.8. The predicted molar refractivity (Wildman–Crippen MR) is 84.8 cm³/mol. The molecule has 12 aliphatic carbocycles. The minimum atomic E-state index is 0.993. The summed E-state index contributed by atoms with van der Waals surface area (Å²) in [5, 5.41) is 0. The molecule has 1 heteroatoms. The summed E-state index contributed by atoms with van der Waals surface area (Å²) in [6.07, 6.45) is 6.85. The fourth-order valence-corrected chi connectivity index (χ4v) is 17.9. The SMILES string of the molecule is BC1C23C4C5CC6CC(C2C2C7C8CC9CC%10C%11C4C21C%117C9%108)C653. The molecule has 0 aliphatic heterocycles. The Labute approximate surface area is 137 Å². The Balaban J connectivity index is 1.26. The monoisotopic (exact) mass is 298 g/mol. The minimum Gasteiger partial charge on any atom is -0.0564 e. The Hall–Kier alpha value is 0.0649. The summed E-state index contributed by atoms with van der Waals surface area (Å²) in [5.41, 5.74) is 5.10. The van der Waals surface area contributed by atoms with E-state index in [9.17, 15) is 0 Å². The second-order valence-corrected chi connectivity index (χ2v) is 13.2. The summed E-state index contributed by atoms with van der Waals surface area (Å²) in [7, 11) is 2.86. The van der Waals surface area contributed by atoms with Gasteiger partial charge in [-0.3, -0.25) is 0 Å². The average molecular weight is 298 g/mol. The van der Waals surface area contributed by atoms with Crippen LogP contribution in [-0.4, -0.2) is 7.85 Å². The minimum absolute atomic E-state index is 0.993. The van der Waals surface area contributed by atoms with Crippen molar-refractivity contribution in [2.24, 2.45) is 98.1 Å². The molecule has 0 aromatic heterocycles. The third-order valence-corrected chi connectivity index (χ3v) is 16.1. The van der Waals surface area contributed by atoms with E-state index in [0.717, 1.165) is 27.1 Å². The molecule has 0 nitrogen and oxygen atoms in total. The fraction of sp³-hybridized carbons (Fsp3) is 1.00. The maximum atomic E-state index is 2.86. The van der Waals surface area contributed by atoms with Crippen molar-refractivity contribution in [1.29, 1.82) is 0 Å². The Kier molecular flexibility index (Phi) is 0.772. The Bertz CT molecular complexity index is 852. The van der Waals surface area contributed by atoms with Crippen molar-refractivity contribution >= 4 is 7.85 Å². The molecular formula is C22H23B. The zero-order chi connectivity index (χ0) is 13.8. The summed E-state index contributed by atoms with van der Waals surface area (Å²) >= 11 is 0. The van der Waals surface area contributed by atoms with Crippen LogP contribution in [0.4, 0.5) is 0 Å². The van der Waals surface area contributed by atoms with Gasteiger partial charge < -0.3 is 0 Å². The van der Waals surface area contributed by atoms with Gasteiger partial charge in [-0.1, -0.05) is 5.82 Å². The molecule has 12 saturated carbocycles. The van der Waals surface area contributed by atoms with E-state index in [1.165, 1.54) is 76.8 Å². The van der Waals surface area contributed by atoms with Crippen molar-refractivity contribution < 1.29 is 0 Å². The number of fused-ring (bicyclic) bond motifs is 8. The normalized spacial score (nSPS) is 107. The van der Waals surface area contributed by atoms with Gasteiger partial charge in [0.1, 0.15) is 7.85 Å². The number of hydrogen-bond donors (Lipinski definition) is 0. The number of hydrogen-bond acceptors (Lipinski definition) is 0. The van der Waals surface area contributed by atoms with Gasteiger partial charge in [0.05, 0.1) is 0 Å². The highest BCUT2D eigenvalue weighted by Crippen LogP contribution is 3.23. The molecule has 0 amide bonds. The smallest absolute Gasteiger partial charge is 0.0564 e. The summed E-state index contributed by atoms with van der Waals surface area (Å²) < 4.78 is 0. The molecule has 23 heavy (non-hydrogen) atoms. The molecule has 0 aromatic carbocycles. The van der Waals surface area contributed by atoms with E-state index in [-0.39, 0.29) is 0 Å². The summed E-state index contributed by atoms with van der Waals surface area (Å²) in [5.74, 6) is 16.8. The van der Waals surface area contributed by atoms with E-state index < -0.39 is 0 Å². The van der Waals surface area contributed by atoms with Gasteiger partial charge in [0.2, 0.25) is 0 Å². The lowest BCUT2D eigenvalue weighted by Gasteiger charge is -3.13. The second kappa shape index (κ2) is 1.83. The molecule has 0 heterocycles. The van der Waals surface area contributed by atoms with Gasteiger partial charge in [-0.2, -0.15) is 0 Å². The highest BCUT2D eigenvalue weighted by molar-refractivity contribution is 6.15. The summed E-state index contributed by atoms with van der Waals surface area (Å²) in [4.78, 5) is 0. The number of rotatable bonds is 0. The van der Waals surface area contributed by atoms with Gasteiger partial charge in [0.15, 0.2) is 0 Å². The standard InChI is InChI=1S/C22H23B/c23-17-20-11-7-1-5-2-8(18(5,7)20)12(20)16-14-10-4-6-3-9-13-15(11)21(16,17)22(13,14)19(6,9)10/h5-17H,1-4,23H2. The molecule has 12 aliphatic rings. The van der Waals surface area contributed by atoms with Crippen molar-refractivity contribution in [2.45, 2.75) is 31.5 Å². The van der Waals surface area contributed by atoms with E-state index >= 15 is 0 Å². The van der Waals surface area contributed by atoms with Gasteiger partial charge in [0.25, 0.3) is 0 Å². The molecule has 0 N–H and O–H groups in total. The third-order valence-electron chi connectivity index (χ3n) is 16.1. The van der Waals surface area contributed by atoms with E-state index in [0.29, 0.717) is 0 Å². The maximum Gasteiger partial charge on any atom is 0.106 e. The highest BCUT2D eigenvalue weighted by atomic mass is 15.2. The fourth-order valence-electron chi connectivity index (χ4n) is 17.9. The molecule has 114 valence electrons.